The molecule has 0 heterocycles. The number of hydrogen-bond acceptors (Lipinski definition) is 5. The van der Waals surface area contributed by atoms with Crippen molar-refractivity contribution in [3.05, 3.63) is 47.2 Å². The summed E-state index contributed by atoms with van der Waals surface area (Å²) in [6.07, 6.45) is 0. The Balaban J connectivity index is 2.21. The van der Waals surface area contributed by atoms with Gasteiger partial charge in [-0.3, -0.25) is 4.79 Å². The van der Waals surface area contributed by atoms with Crippen LogP contribution in [0.3, 0.4) is 0 Å². The van der Waals surface area contributed by atoms with Crippen LogP contribution in [0.15, 0.2) is 41.3 Å². The third-order valence-corrected chi connectivity index (χ3v) is 5.36. The molecule has 0 bridgehead atoms. The highest BCUT2D eigenvalue weighted by atomic mass is 35.5. The van der Waals surface area contributed by atoms with Gasteiger partial charge in [0.1, 0.15) is 22.2 Å². The summed E-state index contributed by atoms with van der Waals surface area (Å²) in [5.74, 6) is -1.10. The Hall–Kier alpha value is -2.36. The number of halogens is 2. The minimum atomic E-state index is -4.22. The second-order valence-corrected chi connectivity index (χ2v) is 7.59. The SMILES string of the molecule is COc1ccc(Cl)cc1NC(=O)C(C)NS(=O)(=O)c1cc(F)ccc1OC. The van der Waals surface area contributed by atoms with Crippen LogP contribution < -0.4 is 19.5 Å². The molecule has 0 spiro atoms. The lowest BCUT2D eigenvalue weighted by Gasteiger charge is -2.17. The van der Waals surface area contributed by atoms with E-state index in [9.17, 15) is 17.6 Å². The molecule has 2 rings (SSSR count). The third-order valence-electron chi connectivity index (χ3n) is 3.56. The summed E-state index contributed by atoms with van der Waals surface area (Å²) in [6, 6.07) is 6.50. The predicted molar refractivity (Wildman–Crippen MR) is 99.4 cm³/mol. The summed E-state index contributed by atoms with van der Waals surface area (Å²) in [4.78, 5) is 12.0. The zero-order chi connectivity index (χ0) is 20.2. The molecular weight excluding hydrogens is 399 g/mol. The van der Waals surface area contributed by atoms with Gasteiger partial charge in [0.05, 0.1) is 25.9 Å². The molecule has 0 radical (unpaired) electrons. The van der Waals surface area contributed by atoms with E-state index in [0.717, 1.165) is 12.1 Å². The Labute approximate surface area is 161 Å². The second-order valence-electron chi connectivity index (χ2n) is 5.47. The Kier molecular flexibility index (Phi) is 6.63. The van der Waals surface area contributed by atoms with E-state index in [1.807, 2.05) is 0 Å². The summed E-state index contributed by atoms with van der Waals surface area (Å²) in [7, 11) is -1.54. The molecule has 0 fully saturated rings. The first-order valence-corrected chi connectivity index (χ1v) is 9.54. The van der Waals surface area contributed by atoms with Crippen LogP contribution in [0.5, 0.6) is 11.5 Å². The van der Waals surface area contributed by atoms with Gasteiger partial charge >= 0.3 is 0 Å². The number of sulfonamides is 1. The monoisotopic (exact) mass is 416 g/mol. The highest BCUT2D eigenvalue weighted by molar-refractivity contribution is 7.89. The number of ether oxygens (including phenoxy) is 2. The van der Waals surface area contributed by atoms with E-state index in [2.05, 4.69) is 10.0 Å². The topological polar surface area (TPSA) is 93.7 Å². The predicted octanol–water partition coefficient (Wildman–Crippen LogP) is 2.80. The molecule has 0 aliphatic heterocycles. The first kappa shape index (κ1) is 20.9. The van der Waals surface area contributed by atoms with Crippen LogP contribution >= 0.6 is 11.6 Å². The molecule has 0 saturated heterocycles. The zero-order valence-corrected chi connectivity index (χ0v) is 16.3. The van der Waals surface area contributed by atoms with Gasteiger partial charge < -0.3 is 14.8 Å². The molecule has 27 heavy (non-hydrogen) atoms. The van der Waals surface area contributed by atoms with Crippen molar-refractivity contribution in [3.8, 4) is 11.5 Å². The van der Waals surface area contributed by atoms with Crippen molar-refractivity contribution in [1.29, 1.82) is 0 Å². The molecule has 2 aromatic rings. The molecule has 0 aliphatic rings. The maximum absolute atomic E-state index is 13.5. The molecule has 1 atom stereocenters. The Bertz CT molecular complexity index is 952. The average molecular weight is 417 g/mol. The molecule has 7 nitrogen and oxygen atoms in total. The van der Waals surface area contributed by atoms with Gasteiger partial charge in [0.2, 0.25) is 15.9 Å². The summed E-state index contributed by atoms with van der Waals surface area (Å²) in [6.45, 7) is 1.34. The van der Waals surface area contributed by atoms with Gasteiger partial charge in [0.25, 0.3) is 0 Å². The van der Waals surface area contributed by atoms with Crippen molar-refractivity contribution in [2.75, 3.05) is 19.5 Å². The Morgan fingerprint density at radius 1 is 1.11 bits per heavy atom. The molecule has 2 aromatic carbocycles. The van der Waals surface area contributed by atoms with Gasteiger partial charge in [-0.05, 0) is 43.3 Å². The van der Waals surface area contributed by atoms with Crippen LogP contribution in [0.4, 0.5) is 10.1 Å². The van der Waals surface area contributed by atoms with Gasteiger partial charge in [-0.1, -0.05) is 11.6 Å². The number of anilines is 1. The van der Waals surface area contributed by atoms with E-state index in [1.54, 1.807) is 12.1 Å². The lowest BCUT2D eigenvalue weighted by atomic mass is 10.2. The lowest BCUT2D eigenvalue weighted by molar-refractivity contribution is -0.117. The minimum absolute atomic E-state index is 0.0481. The largest absolute Gasteiger partial charge is 0.495 e. The van der Waals surface area contributed by atoms with Crippen LogP contribution in [0, 0.1) is 5.82 Å². The number of carbonyl (C=O) groups excluding carboxylic acids is 1. The van der Waals surface area contributed by atoms with Gasteiger partial charge in [-0.15, -0.1) is 0 Å². The van der Waals surface area contributed by atoms with Crippen LogP contribution in [-0.4, -0.2) is 34.6 Å². The van der Waals surface area contributed by atoms with E-state index in [0.29, 0.717) is 10.8 Å². The normalized spacial score (nSPS) is 12.3. The van der Waals surface area contributed by atoms with Crippen LogP contribution in [0.2, 0.25) is 5.02 Å². The number of benzene rings is 2. The maximum atomic E-state index is 13.5. The quantitative estimate of drug-likeness (QED) is 0.723. The molecule has 1 amide bonds. The number of rotatable bonds is 7. The van der Waals surface area contributed by atoms with Crippen LogP contribution in [0.1, 0.15) is 6.92 Å². The van der Waals surface area contributed by atoms with Gasteiger partial charge in [0.15, 0.2) is 0 Å². The second kappa shape index (κ2) is 8.55. The Morgan fingerprint density at radius 2 is 1.74 bits per heavy atom. The van der Waals surface area contributed by atoms with Gasteiger partial charge in [-0.2, -0.15) is 4.72 Å². The van der Waals surface area contributed by atoms with Crippen LogP contribution in [-0.2, 0) is 14.8 Å². The van der Waals surface area contributed by atoms with Crippen molar-refractivity contribution in [3.63, 3.8) is 0 Å². The highest BCUT2D eigenvalue weighted by Crippen LogP contribution is 2.28. The van der Waals surface area contributed by atoms with Crippen LogP contribution in [0.25, 0.3) is 0 Å². The number of amides is 1. The molecule has 10 heteroatoms. The fourth-order valence-corrected chi connectivity index (χ4v) is 3.78. The fraction of sp³-hybridized carbons (Fsp3) is 0.235. The molecular formula is C17H18ClFN2O5S. The fourth-order valence-electron chi connectivity index (χ4n) is 2.23. The third kappa shape index (κ3) is 5.09. The molecule has 0 aromatic heterocycles. The van der Waals surface area contributed by atoms with Crippen molar-refractivity contribution < 1.29 is 27.1 Å². The molecule has 146 valence electrons. The van der Waals surface area contributed by atoms with Crippen molar-refractivity contribution >= 4 is 33.2 Å². The summed E-state index contributed by atoms with van der Waals surface area (Å²) < 4.78 is 50.8. The number of hydrogen-bond donors (Lipinski definition) is 2. The standard InChI is InChI=1S/C17H18ClFN2O5S/c1-10(17(22)20-13-8-11(18)4-6-14(13)25-2)21-27(23,24)16-9-12(19)5-7-15(16)26-3/h4-10,21H,1-3H3,(H,20,22). The maximum Gasteiger partial charge on any atom is 0.245 e. The van der Waals surface area contributed by atoms with E-state index in [1.165, 1.54) is 33.3 Å². The minimum Gasteiger partial charge on any atom is -0.495 e. The van der Waals surface area contributed by atoms with Gasteiger partial charge in [-0.25, -0.2) is 12.8 Å². The van der Waals surface area contributed by atoms with Crippen molar-refractivity contribution in [2.45, 2.75) is 17.9 Å². The number of carbonyl (C=O) groups is 1. The number of methoxy groups -OCH3 is 2. The molecule has 2 N–H and O–H groups in total. The molecule has 1 unspecified atom stereocenters. The lowest BCUT2D eigenvalue weighted by Crippen LogP contribution is -2.41. The Morgan fingerprint density at radius 3 is 2.37 bits per heavy atom. The summed E-state index contributed by atoms with van der Waals surface area (Å²) >= 11 is 5.90. The molecule has 0 saturated carbocycles. The van der Waals surface area contributed by atoms with Gasteiger partial charge in [0, 0.05) is 5.02 Å². The zero-order valence-electron chi connectivity index (χ0n) is 14.7. The van der Waals surface area contributed by atoms with E-state index < -0.39 is 32.7 Å². The average Bonchev–Trinajstić information content (AvgIpc) is 2.61. The van der Waals surface area contributed by atoms with E-state index >= 15 is 0 Å². The van der Waals surface area contributed by atoms with E-state index in [4.69, 9.17) is 21.1 Å². The highest BCUT2D eigenvalue weighted by Gasteiger charge is 2.26. The first-order chi connectivity index (χ1) is 12.7. The summed E-state index contributed by atoms with van der Waals surface area (Å²) in [5, 5.41) is 2.90. The first-order valence-electron chi connectivity index (χ1n) is 7.68. The number of nitrogens with one attached hydrogen (secondary N) is 2. The van der Waals surface area contributed by atoms with E-state index in [-0.39, 0.29) is 11.4 Å². The van der Waals surface area contributed by atoms with Crippen molar-refractivity contribution in [1.82, 2.24) is 4.72 Å². The summed E-state index contributed by atoms with van der Waals surface area (Å²) in [5.41, 5.74) is 0.282. The van der Waals surface area contributed by atoms with Crippen molar-refractivity contribution in [2.24, 2.45) is 0 Å². The smallest absolute Gasteiger partial charge is 0.245 e. The molecule has 0 aliphatic carbocycles.